The first-order valence-corrected chi connectivity index (χ1v) is 51.5. The van der Waals surface area contributed by atoms with Crippen LogP contribution >= 0.6 is 25.1 Å². The number of carbonyl (C=O) groups excluding carboxylic acids is 3. The third-order valence-electron chi connectivity index (χ3n) is 23.3. The van der Waals surface area contributed by atoms with Crippen LogP contribution in [0.2, 0.25) is 0 Å². The van der Waals surface area contributed by atoms with Crippen LogP contribution < -0.4 is 46.3 Å². The molecule has 0 saturated carbocycles. The van der Waals surface area contributed by atoms with E-state index in [0.717, 1.165) is 65.3 Å². The molecule has 144 heavy (non-hydrogen) atoms. The van der Waals surface area contributed by atoms with Crippen molar-refractivity contribution >= 4 is 109 Å². The highest BCUT2D eigenvalue weighted by Crippen LogP contribution is 2.54. The normalized spacial score (nSPS) is 12.2. The SMILES string of the molecule is CC(C)(C)OC(=O)Oc1ccccc1-c1ccccc1OP(Oc1ccc(C(C)(C)C)cc1C(C)(C)C)Oc1ccc(C(C)(C)C)cc1C(C)(C)C.CC(C)(C)OC(=O)Oc1ccccc1-c1ccccc1Op1oc2ccc3ccccc3c2c2c(ccc3ccccc32)o1.COc1cc(C(C)(C)C)c2op(Oc3ccccc3-c3ccccc3OC(=O)OC(C)(C)C)oc3c(C(C)(C)C)cc(OC)cc3c2c1. The van der Waals surface area contributed by atoms with Crippen LogP contribution in [0.5, 0.6) is 57.5 Å². The monoisotopic (exact) mass is 2000 g/mol. The molecule has 16 aromatic rings. The van der Waals surface area contributed by atoms with Gasteiger partial charge >= 0.3 is 43.5 Å². The topological polar surface area (TPSA) is 224 Å². The van der Waals surface area contributed by atoms with Crippen molar-refractivity contribution in [2.75, 3.05) is 14.2 Å². The minimum absolute atomic E-state index is 0.0413. The Labute approximate surface area is 849 Å². The number of carbonyl (C=O) groups is 3. The Bertz CT molecular complexity index is 7230. The quantitative estimate of drug-likeness (QED) is 0.0337. The molecule has 20 nitrogen and oxygen atoms in total. The molecule has 0 spiro atoms. The summed E-state index contributed by atoms with van der Waals surface area (Å²) in [5, 5.41) is 7.91. The van der Waals surface area contributed by atoms with Crippen molar-refractivity contribution in [3.8, 4) is 90.9 Å². The molecule has 0 fully saturated rings. The lowest BCUT2D eigenvalue weighted by atomic mass is 9.80. The van der Waals surface area contributed by atoms with E-state index >= 15 is 0 Å². The molecule has 0 amide bonds. The fourth-order valence-corrected chi connectivity index (χ4v) is 19.5. The number of hydrogen-bond donors (Lipinski definition) is 0. The van der Waals surface area contributed by atoms with E-state index in [0.29, 0.717) is 113 Å². The fraction of sp³-hybridized carbons (Fsp3) is 0.314. The van der Waals surface area contributed by atoms with E-state index in [4.69, 9.17) is 77.3 Å². The number of para-hydroxylation sites is 6. The van der Waals surface area contributed by atoms with Crippen molar-refractivity contribution in [1.29, 1.82) is 0 Å². The van der Waals surface area contributed by atoms with Crippen molar-refractivity contribution < 1.29 is 91.7 Å². The zero-order valence-corrected chi connectivity index (χ0v) is 90.7. The third kappa shape index (κ3) is 26.2. The van der Waals surface area contributed by atoms with Gasteiger partial charge in [-0.15, -0.1) is 0 Å². The predicted molar refractivity (Wildman–Crippen MR) is 583 cm³/mol. The molecular formula is C121H133O20P3. The first-order chi connectivity index (χ1) is 67.6. The molecule has 0 unspecified atom stereocenters. The van der Waals surface area contributed by atoms with E-state index in [9.17, 15) is 14.4 Å². The molecule has 0 radical (unpaired) electrons. The Kier molecular flexibility index (Phi) is 31.4. The second kappa shape index (κ2) is 42.6. The van der Waals surface area contributed by atoms with E-state index in [1.54, 1.807) is 107 Å². The van der Waals surface area contributed by atoms with Crippen molar-refractivity contribution in [1.82, 2.24) is 0 Å². The number of hydrogen-bond acceptors (Lipinski definition) is 20. The van der Waals surface area contributed by atoms with Crippen LogP contribution in [0.3, 0.4) is 0 Å². The van der Waals surface area contributed by atoms with Crippen LogP contribution in [0.4, 0.5) is 14.4 Å². The van der Waals surface area contributed by atoms with E-state index in [1.165, 1.54) is 11.1 Å². The molecule has 23 heteroatoms. The molecule has 752 valence electrons. The maximum atomic E-state index is 12.8. The molecule has 14 aromatic carbocycles. The Morgan fingerprint density at radius 2 is 0.535 bits per heavy atom. The van der Waals surface area contributed by atoms with Crippen molar-refractivity contribution in [2.45, 2.75) is 236 Å². The first kappa shape index (κ1) is 106. The van der Waals surface area contributed by atoms with Crippen molar-refractivity contribution in [2.24, 2.45) is 0 Å². The van der Waals surface area contributed by atoms with Gasteiger partial charge in [0.1, 0.15) is 96.6 Å². The van der Waals surface area contributed by atoms with Gasteiger partial charge in [-0.3, -0.25) is 0 Å². The summed E-state index contributed by atoms with van der Waals surface area (Å²) in [5.41, 5.74) is 9.90. The third-order valence-corrected chi connectivity index (χ3v) is 26.4. The second-order valence-corrected chi connectivity index (χ2v) is 47.5. The van der Waals surface area contributed by atoms with Crippen LogP contribution in [-0.2, 0) is 46.7 Å². The summed E-state index contributed by atoms with van der Waals surface area (Å²) in [7, 11) is -2.77. The van der Waals surface area contributed by atoms with Crippen LogP contribution in [0.15, 0.2) is 296 Å². The van der Waals surface area contributed by atoms with E-state index < -0.39 is 60.4 Å². The summed E-state index contributed by atoms with van der Waals surface area (Å²) >= 11 is 0. The largest absolute Gasteiger partial charge is 0.530 e. The summed E-state index contributed by atoms with van der Waals surface area (Å²) in [4.78, 5) is 38.0. The molecule has 0 saturated heterocycles. The molecule has 0 bridgehead atoms. The Morgan fingerprint density at radius 1 is 0.257 bits per heavy atom. The van der Waals surface area contributed by atoms with Crippen LogP contribution in [-0.4, -0.2) is 49.5 Å². The fourth-order valence-electron chi connectivity index (χ4n) is 16.2. The molecule has 0 aliphatic heterocycles. The zero-order chi connectivity index (χ0) is 104. The maximum Gasteiger partial charge on any atom is 0.530 e. The van der Waals surface area contributed by atoms with Gasteiger partial charge < -0.3 is 77.3 Å². The molecular weight excluding hydrogens is 1870 g/mol. The molecule has 0 N–H and O–H groups in total. The summed E-state index contributed by atoms with van der Waals surface area (Å²) in [6.07, 6.45) is -2.36. The second-order valence-electron chi connectivity index (χ2n) is 44.5. The summed E-state index contributed by atoms with van der Waals surface area (Å²) in [6.45, 7) is 55.3. The average Bonchev–Trinajstić information content (AvgIpc) is 1.53. The molecule has 2 heterocycles. The van der Waals surface area contributed by atoms with Gasteiger partial charge in [-0.2, -0.15) is 0 Å². The molecule has 16 rings (SSSR count). The Morgan fingerprint density at radius 3 is 0.847 bits per heavy atom. The molecule has 2 aromatic heterocycles. The van der Waals surface area contributed by atoms with E-state index in [1.807, 2.05) is 188 Å². The smallest absolute Gasteiger partial charge is 0.497 e. The highest BCUT2D eigenvalue weighted by atomic mass is 31.2. The average molecular weight is 2000 g/mol. The number of methoxy groups -OCH3 is 2. The van der Waals surface area contributed by atoms with Gasteiger partial charge in [0.15, 0.2) is 0 Å². The van der Waals surface area contributed by atoms with E-state index in [-0.39, 0.29) is 32.5 Å². The zero-order valence-electron chi connectivity index (χ0n) is 88.1. The lowest BCUT2D eigenvalue weighted by Crippen LogP contribution is -2.26. The summed E-state index contributed by atoms with van der Waals surface area (Å²) in [6, 6.07) is 89.9. The molecule has 0 atom stereocenters. The van der Waals surface area contributed by atoms with Crippen molar-refractivity contribution in [3.05, 3.63) is 312 Å². The Balaban J connectivity index is 0.000000172. The predicted octanol–water partition coefficient (Wildman–Crippen LogP) is 36.8. The Hall–Kier alpha value is -13.8. The maximum absolute atomic E-state index is 12.8. The van der Waals surface area contributed by atoms with Crippen LogP contribution in [0, 0.1) is 0 Å². The van der Waals surface area contributed by atoms with Crippen LogP contribution in [0.25, 0.3) is 98.8 Å². The van der Waals surface area contributed by atoms with Gasteiger partial charge in [0.25, 0.3) is 0 Å². The van der Waals surface area contributed by atoms with Gasteiger partial charge in [-0.05, 0) is 212 Å². The highest BCUT2D eigenvalue weighted by Gasteiger charge is 2.35. The van der Waals surface area contributed by atoms with Gasteiger partial charge in [0, 0.05) is 77.2 Å². The highest BCUT2D eigenvalue weighted by molar-refractivity contribution is 7.43. The number of ether oxygens (including phenoxy) is 8. The van der Waals surface area contributed by atoms with Crippen molar-refractivity contribution in [3.63, 3.8) is 0 Å². The minimum atomic E-state index is -2.08. The van der Waals surface area contributed by atoms with Gasteiger partial charge in [0.05, 0.1) is 14.2 Å². The lowest BCUT2D eigenvalue weighted by molar-refractivity contribution is 0.0194. The standard InChI is InChI=1S/C45H59O6P.C39H45O8P.C37H29O6P/c1-41(2,3)30-24-26-38(34(28-30)43(7,8)9)50-52(51-39-27-25-31(42(4,5)6)29-35(39)44(10,11)12)49-37-23-19-17-21-33(37)32-20-16-18-22-36(32)47-40(46)48-45(13,14)15;1-37(2,3)30-22-24(41-10)20-28-29-21-25(42-11)23-31(38(4,5)6)35(29)47-48(46-34(28)30)45-33-19-15-13-17-27(33)26-16-12-14-18-32(26)43-36(40)44-39(7,8)9;1-37(2,3)40-36(38)39-30-18-10-8-16-28(30)29-17-9-11-19-31(29)41-44-42-32-22-20-24-12-4-6-14-26(24)34(32)35-27-15-7-5-13-25(27)21-23-33(35)43-44/h16-29H,1-15H3;12-23H,1-11H3;4-23H,1-3H3. The van der Waals surface area contributed by atoms with Gasteiger partial charge in [0.2, 0.25) is 0 Å². The van der Waals surface area contributed by atoms with Gasteiger partial charge in [-0.1, -0.05) is 319 Å². The summed E-state index contributed by atoms with van der Waals surface area (Å²) in [5.74, 6) is 5.35. The molecule has 0 aliphatic carbocycles. The number of benzene rings is 14. The first-order valence-electron chi connectivity index (χ1n) is 48.2. The van der Waals surface area contributed by atoms with Crippen LogP contribution in [0.1, 0.15) is 220 Å². The minimum Gasteiger partial charge on any atom is -0.497 e. The number of fused-ring (bicyclic) bond motifs is 10. The van der Waals surface area contributed by atoms with Gasteiger partial charge in [-0.25, -0.2) is 14.4 Å². The van der Waals surface area contributed by atoms with E-state index in [2.05, 4.69) is 185 Å². The molecule has 0 aliphatic rings. The summed E-state index contributed by atoms with van der Waals surface area (Å²) < 4.78 is 105. The number of rotatable bonds is 18. The lowest BCUT2D eigenvalue weighted by Gasteiger charge is -2.30.